The number of hydrogen-bond donors (Lipinski definition) is 4. The van der Waals surface area contributed by atoms with E-state index in [4.69, 9.17) is 9.47 Å². The molecule has 3 atom stereocenters. The first-order valence-electron chi connectivity index (χ1n) is 18.0. The SMILES string of the molecule is COC(=O)CNC(=O)C1(C(C)(C)C)C(C(C)(C)C)N(C(=O)O)CCN1C(=O)O.COC(=O)CNC(=O)C1CN(C(=O)OC(C)(C)C)CCN1C(=O)OC(C)(C)C. The summed E-state index contributed by atoms with van der Waals surface area (Å²) in [6.45, 7) is 19.9. The van der Waals surface area contributed by atoms with Crippen molar-refractivity contribution in [2.24, 2.45) is 10.8 Å². The van der Waals surface area contributed by atoms with Crippen molar-refractivity contribution in [2.45, 2.75) is 112 Å². The number of esters is 2. The molecule has 320 valence electrons. The number of hydrogen-bond acceptors (Lipinski definition) is 12. The quantitative estimate of drug-likeness (QED) is 0.223. The van der Waals surface area contributed by atoms with E-state index in [1.54, 1.807) is 83.1 Å². The van der Waals surface area contributed by atoms with E-state index in [0.29, 0.717) is 0 Å². The zero-order chi connectivity index (χ0) is 43.8. The van der Waals surface area contributed by atoms with Crippen LogP contribution in [0.5, 0.6) is 0 Å². The molecule has 2 aliphatic rings. The fraction of sp³-hybridized carbons (Fsp3) is 0.778. The van der Waals surface area contributed by atoms with Crippen molar-refractivity contribution in [2.75, 3.05) is 60.0 Å². The summed E-state index contributed by atoms with van der Waals surface area (Å²) in [5, 5.41) is 24.6. The second-order valence-corrected chi connectivity index (χ2v) is 17.4. The van der Waals surface area contributed by atoms with Crippen LogP contribution >= 0.6 is 0 Å². The predicted octanol–water partition coefficient (Wildman–Crippen LogP) is 2.58. The Labute approximate surface area is 328 Å². The predicted molar refractivity (Wildman–Crippen MR) is 199 cm³/mol. The van der Waals surface area contributed by atoms with Crippen LogP contribution < -0.4 is 10.6 Å². The number of rotatable bonds is 6. The molecule has 2 aliphatic heterocycles. The van der Waals surface area contributed by atoms with E-state index >= 15 is 0 Å². The molecule has 4 N–H and O–H groups in total. The molecule has 6 amide bonds. The monoisotopic (exact) mass is 802 g/mol. The molecule has 20 nitrogen and oxygen atoms in total. The van der Waals surface area contributed by atoms with Gasteiger partial charge in [0.1, 0.15) is 30.3 Å². The Bertz CT molecular complexity index is 1480. The number of nitrogens with zero attached hydrogens (tertiary/aromatic N) is 4. The average molecular weight is 803 g/mol. The number of carboxylic acid groups (broad SMARTS) is 2. The molecule has 2 rings (SSSR count). The second-order valence-electron chi connectivity index (χ2n) is 17.4. The maximum absolute atomic E-state index is 13.5. The van der Waals surface area contributed by atoms with Gasteiger partial charge < -0.3 is 49.6 Å². The molecule has 0 radical (unpaired) electrons. The maximum Gasteiger partial charge on any atom is 0.411 e. The number of carbonyl (C=O) groups excluding carboxylic acids is 6. The molecule has 0 aromatic heterocycles. The third-order valence-electron chi connectivity index (χ3n) is 8.70. The summed E-state index contributed by atoms with van der Waals surface area (Å²) in [6.07, 6.45) is -3.82. The summed E-state index contributed by atoms with van der Waals surface area (Å²) >= 11 is 0. The highest BCUT2D eigenvalue weighted by atomic mass is 16.6. The molecular formula is C36H62N6O14. The van der Waals surface area contributed by atoms with Crippen molar-refractivity contribution < 1.29 is 67.5 Å². The molecule has 2 fully saturated rings. The Balaban J connectivity index is 0.000000560. The maximum atomic E-state index is 13.5. The van der Waals surface area contributed by atoms with E-state index in [1.807, 2.05) is 0 Å². The lowest BCUT2D eigenvalue weighted by atomic mass is 9.59. The molecule has 0 aliphatic carbocycles. The summed E-state index contributed by atoms with van der Waals surface area (Å²) in [5.41, 5.74) is -5.00. The van der Waals surface area contributed by atoms with Crippen LogP contribution in [0.15, 0.2) is 0 Å². The van der Waals surface area contributed by atoms with E-state index in [-0.39, 0.29) is 39.3 Å². The summed E-state index contributed by atoms with van der Waals surface area (Å²) in [6, 6.07) is -2.03. The Morgan fingerprint density at radius 1 is 0.643 bits per heavy atom. The third-order valence-corrected chi connectivity index (χ3v) is 8.70. The third kappa shape index (κ3) is 12.8. The van der Waals surface area contributed by atoms with Gasteiger partial charge in [0.2, 0.25) is 11.8 Å². The Kier molecular flexibility index (Phi) is 16.4. The molecular weight excluding hydrogens is 740 g/mol. The summed E-state index contributed by atoms with van der Waals surface area (Å²) < 4.78 is 19.7. The highest BCUT2D eigenvalue weighted by molar-refractivity contribution is 5.94. The van der Waals surface area contributed by atoms with Crippen molar-refractivity contribution in [3.8, 4) is 0 Å². The van der Waals surface area contributed by atoms with Crippen LogP contribution in [0.3, 0.4) is 0 Å². The van der Waals surface area contributed by atoms with E-state index in [9.17, 15) is 48.6 Å². The van der Waals surface area contributed by atoms with E-state index in [1.165, 1.54) is 24.0 Å². The fourth-order valence-corrected chi connectivity index (χ4v) is 6.58. The lowest BCUT2D eigenvalue weighted by Gasteiger charge is -2.61. The first-order chi connectivity index (χ1) is 25.3. The standard InChI is InChI=1S/2C18H31N3O7/c1-17(2,3)27-15(24)20-8-9-21(16(25)28-18(4,5)6)12(11-20)14(23)19-10-13(22)26-7;1-16(2,3)12-18(17(4,5)6,13(23)19-10-11(22)28-7)21(15(26)27)9-8-20(12)14(24)25/h12H,8-11H2,1-7H3,(H,19,23);12H,8-10H2,1-7H3,(H,19,23)(H,24,25)(H,26,27). The van der Waals surface area contributed by atoms with E-state index in [0.717, 1.165) is 9.80 Å². The summed E-state index contributed by atoms with van der Waals surface area (Å²) in [7, 11) is 2.37. The van der Waals surface area contributed by atoms with Crippen LogP contribution in [0.1, 0.15) is 83.1 Å². The first kappa shape index (κ1) is 49.0. The summed E-state index contributed by atoms with van der Waals surface area (Å²) in [5.74, 6) is -2.65. The van der Waals surface area contributed by atoms with Crippen LogP contribution in [-0.2, 0) is 38.1 Å². The van der Waals surface area contributed by atoms with Gasteiger partial charge >= 0.3 is 36.3 Å². The minimum atomic E-state index is -1.78. The van der Waals surface area contributed by atoms with Crippen LogP contribution in [-0.4, -0.2) is 167 Å². The van der Waals surface area contributed by atoms with Gasteiger partial charge in [0.15, 0.2) is 5.54 Å². The van der Waals surface area contributed by atoms with Gasteiger partial charge in [0.25, 0.3) is 0 Å². The number of methoxy groups -OCH3 is 2. The molecule has 0 saturated carbocycles. The molecule has 3 unspecified atom stereocenters. The highest BCUT2D eigenvalue weighted by Gasteiger charge is 2.66. The van der Waals surface area contributed by atoms with Crippen molar-refractivity contribution in [1.29, 1.82) is 0 Å². The van der Waals surface area contributed by atoms with Gasteiger partial charge in [0, 0.05) is 26.2 Å². The zero-order valence-electron chi connectivity index (χ0n) is 35.2. The van der Waals surface area contributed by atoms with Crippen molar-refractivity contribution in [3.63, 3.8) is 0 Å². The minimum absolute atomic E-state index is 0.0638. The number of piperazine rings is 2. The van der Waals surface area contributed by atoms with Crippen molar-refractivity contribution >= 4 is 48.1 Å². The molecule has 2 saturated heterocycles. The molecule has 0 aromatic rings. The molecule has 2 heterocycles. The van der Waals surface area contributed by atoms with Gasteiger partial charge in [-0.15, -0.1) is 0 Å². The normalized spacial score (nSPS) is 20.4. The van der Waals surface area contributed by atoms with Gasteiger partial charge in [-0.3, -0.25) is 29.0 Å². The minimum Gasteiger partial charge on any atom is -0.468 e. The topological polar surface area (TPSA) is 251 Å². The molecule has 20 heteroatoms. The highest BCUT2D eigenvalue weighted by Crippen LogP contribution is 2.49. The van der Waals surface area contributed by atoms with Gasteiger partial charge in [-0.1, -0.05) is 41.5 Å². The first-order valence-corrected chi connectivity index (χ1v) is 18.0. The van der Waals surface area contributed by atoms with Crippen LogP contribution in [0.25, 0.3) is 0 Å². The number of nitrogens with one attached hydrogen (secondary N) is 2. The largest absolute Gasteiger partial charge is 0.468 e. The lowest BCUT2D eigenvalue weighted by Crippen LogP contribution is -2.81. The molecule has 0 aromatic carbocycles. The van der Waals surface area contributed by atoms with Gasteiger partial charge in [0.05, 0.1) is 26.8 Å². The van der Waals surface area contributed by atoms with E-state index < -0.39 is 94.3 Å². The molecule has 0 bridgehead atoms. The Hall–Kier alpha value is -5.04. The van der Waals surface area contributed by atoms with Gasteiger partial charge in [-0.2, -0.15) is 0 Å². The van der Waals surface area contributed by atoms with Gasteiger partial charge in [-0.05, 0) is 52.4 Å². The molecule has 56 heavy (non-hydrogen) atoms. The van der Waals surface area contributed by atoms with Gasteiger partial charge in [-0.25, -0.2) is 19.2 Å². The van der Waals surface area contributed by atoms with E-state index in [2.05, 4.69) is 20.1 Å². The zero-order valence-corrected chi connectivity index (χ0v) is 35.2. The number of amides is 6. The summed E-state index contributed by atoms with van der Waals surface area (Å²) in [4.78, 5) is 103. The van der Waals surface area contributed by atoms with Crippen molar-refractivity contribution in [1.82, 2.24) is 30.2 Å². The fourth-order valence-electron chi connectivity index (χ4n) is 6.58. The lowest BCUT2D eigenvalue weighted by molar-refractivity contribution is -0.164. The Morgan fingerprint density at radius 2 is 1.11 bits per heavy atom. The van der Waals surface area contributed by atoms with Crippen LogP contribution in [0.4, 0.5) is 19.2 Å². The Morgan fingerprint density at radius 3 is 1.52 bits per heavy atom. The average Bonchev–Trinajstić information content (AvgIpc) is 3.05. The van der Waals surface area contributed by atoms with Crippen LogP contribution in [0.2, 0.25) is 0 Å². The van der Waals surface area contributed by atoms with Crippen molar-refractivity contribution in [3.05, 3.63) is 0 Å². The second kappa shape index (κ2) is 18.7. The number of ether oxygens (including phenoxy) is 4. The molecule has 0 spiro atoms. The number of carbonyl (C=O) groups is 8. The smallest absolute Gasteiger partial charge is 0.411 e. The van der Waals surface area contributed by atoms with Crippen LogP contribution in [0, 0.1) is 10.8 Å².